The van der Waals surface area contributed by atoms with E-state index in [1.807, 2.05) is 60.7 Å². The van der Waals surface area contributed by atoms with Crippen LogP contribution < -0.4 is 0 Å². The summed E-state index contributed by atoms with van der Waals surface area (Å²) in [5.74, 6) is 1.71. The van der Waals surface area contributed by atoms with Gasteiger partial charge in [0.2, 0.25) is 0 Å². The van der Waals surface area contributed by atoms with Gasteiger partial charge in [-0.1, -0.05) is 121 Å². The molecule has 0 unspecified atom stereocenters. The van der Waals surface area contributed by atoms with Crippen LogP contribution >= 0.6 is 0 Å². The van der Waals surface area contributed by atoms with Crippen molar-refractivity contribution in [2.45, 2.75) is 0 Å². The molecule has 4 aromatic heterocycles. The zero-order valence-corrected chi connectivity index (χ0v) is 30.4. The van der Waals surface area contributed by atoms with Gasteiger partial charge in [-0.15, -0.1) is 0 Å². The molecule has 0 amide bonds. The van der Waals surface area contributed by atoms with E-state index in [1.54, 1.807) is 0 Å². The maximum absolute atomic E-state index is 6.62. The van der Waals surface area contributed by atoms with Gasteiger partial charge in [0.1, 0.15) is 22.3 Å². The van der Waals surface area contributed by atoms with Gasteiger partial charge < -0.3 is 13.4 Å². The first kappa shape index (κ1) is 31.5. The molecule has 0 spiro atoms. The van der Waals surface area contributed by atoms with Crippen molar-refractivity contribution in [1.29, 1.82) is 0 Å². The van der Waals surface area contributed by atoms with Gasteiger partial charge in [0.05, 0.1) is 22.1 Å². The van der Waals surface area contributed by atoms with E-state index in [9.17, 15) is 0 Å². The highest BCUT2D eigenvalue weighted by Crippen LogP contribution is 2.40. The number of fused-ring (bicyclic) bond motifs is 9. The lowest BCUT2D eigenvalue weighted by atomic mass is 10.0. The van der Waals surface area contributed by atoms with Gasteiger partial charge in [-0.05, 0) is 71.8 Å². The van der Waals surface area contributed by atoms with Crippen LogP contribution in [0.2, 0.25) is 0 Å². The largest absolute Gasteiger partial charge is 0.456 e. The van der Waals surface area contributed by atoms with E-state index in [2.05, 4.69) is 126 Å². The van der Waals surface area contributed by atoms with Crippen molar-refractivity contribution in [3.8, 4) is 51.0 Å². The maximum Gasteiger partial charge on any atom is 0.164 e. The molecule has 6 heteroatoms. The Morgan fingerprint density at radius 1 is 0.316 bits per heavy atom. The lowest BCUT2D eigenvalue weighted by Gasteiger charge is -2.10. The molecule has 8 aromatic carbocycles. The zero-order valence-electron chi connectivity index (χ0n) is 30.4. The topological polar surface area (TPSA) is 69.9 Å². The Morgan fingerprint density at radius 2 is 0.860 bits per heavy atom. The summed E-state index contributed by atoms with van der Waals surface area (Å²) in [6.45, 7) is 0. The highest BCUT2D eigenvalue weighted by atomic mass is 16.3. The Labute approximate surface area is 325 Å². The number of hydrogen-bond donors (Lipinski definition) is 0. The second kappa shape index (κ2) is 12.3. The molecular weight excluding hydrogens is 701 g/mol. The van der Waals surface area contributed by atoms with Gasteiger partial charge in [0.25, 0.3) is 0 Å². The smallest absolute Gasteiger partial charge is 0.164 e. The number of para-hydroxylation sites is 2. The van der Waals surface area contributed by atoms with Crippen molar-refractivity contribution in [2.75, 3.05) is 0 Å². The van der Waals surface area contributed by atoms with Crippen LogP contribution in [0.1, 0.15) is 0 Å². The van der Waals surface area contributed by atoms with Crippen molar-refractivity contribution >= 4 is 65.7 Å². The first-order chi connectivity index (χ1) is 28.2. The summed E-state index contributed by atoms with van der Waals surface area (Å²) in [7, 11) is 0. The quantitative estimate of drug-likeness (QED) is 0.176. The molecule has 4 heterocycles. The van der Waals surface area contributed by atoms with Crippen LogP contribution in [0.4, 0.5) is 0 Å². The Kier molecular flexibility index (Phi) is 6.83. The minimum Gasteiger partial charge on any atom is -0.456 e. The number of aromatic nitrogens is 4. The predicted octanol–water partition coefficient (Wildman–Crippen LogP) is 13.4. The molecule has 0 aliphatic rings. The van der Waals surface area contributed by atoms with Crippen molar-refractivity contribution in [1.82, 2.24) is 19.5 Å². The molecule has 0 saturated heterocycles. The third-order valence-corrected chi connectivity index (χ3v) is 11.1. The number of nitrogens with zero attached hydrogens (tertiary/aromatic N) is 4. The average Bonchev–Trinajstić information content (AvgIpc) is 3.95. The molecule has 0 fully saturated rings. The fourth-order valence-corrected chi connectivity index (χ4v) is 8.39. The fraction of sp³-hybridized carbons (Fsp3) is 0. The second-order valence-corrected chi connectivity index (χ2v) is 14.4. The molecular formula is C51H30N4O2. The van der Waals surface area contributed by atoms with E-state index in [-0.39, 0.29) is 0 Å². The van der Waals surface area contributed by atoms with Crippen LogP contribution in [-0.4, -0.2) is 19.5 Å². The third-order valence-electron chi connectivity index (χ3n) is 11.1. The van der Waals surface area contributed by atoms with Crippen LogP contribution in [0.5, 0.6) is 0 Å². The first-order valence-electron chi connectivity index (χ1n) is 19.0. The Hall–Kier alpha value is -7.83. The van der Waals surface area contributed by atoms with Crippen molar-refractivity contribution in [2.24, 2.45) is 0 Å². The minimum atomic E-state index is 0.557. The van der Waals surface area contributed by atoms with Gasteiger partial charge in [-0.25, -0.2) is 15.0 Å². The number of benzene rings is 8. The van der Waals surface area contributed by atoms with E-state index in [4.69, 9.17) is 23.8 Å². The predicted molar refractivity (Wildman–Crippen MR) is 230 cm³/mol. The van der Waals surface area contributed by atoms with Crippen LogP contribution in [0.25, 0.3) is 117 Å². The van der Waals surface area contributed by atoms with Crippen molar-refractivity contribution in [3.05, 3.63) is 182 Å². The van der Waals surface area contributed by atoms with E-state index < -0.39 is 0 Å². The Bertz CT molecular complexity index is 3470. The van der Waals surface area contributed by atoms with Gasteiger partial charge in [0, 0.05) is 43.6 Å². The molecule has 0 atom stereocenters. The van der Waals surface area contributed by atoms with E-state index in [0.717, 1.165) is 82.9 Å². The first-order valence-corrected chi connectivity index (χ1v) is 19.0. The molecule has 12 rings (SSSR count). The molecule has 266 valence electrons. The molecule has 6 nitrogen and oxygen atoms in total. The fourth-order valence-electron chi connectivity index (χ4n) is 8.39. The highest BCUT2D eigenvalue weighted by molar-refractivity contribution is 6.14. The van der Waals surface area contributed by atoms with Crippen LogP contribution in [-0.2, 0) is 0 Å². The van der Waals surface area contributed by atoms with E-state index >= 15 is 0 Å². The van der Waals surface area contributed by atoms with Crippen molar-refractivity contribution < 1.29 is 8.83 Å². The SMILES string of the molecule is c1ccc(-c2ccc3oc4cc(-c5nc(-c6ccccc6)nc(-c6ccc7c(c6)oc6cccc(-n8c9ccccc9c9ccccc98)c67)n5)ccc4c3c2)cc1. The van der Waals surface area contributed by atoms with Gasteiger partial charge >= 0.3 is 0 Å². The lowest BCUT2D eigenvalue weighted by molar-refractivity contribution is 0.668. The van der Waals surface area contributed by atoms with E-state index in [0.29, 0.717) is 17.5 Å². The molecule has 0 saturated carbocycles. The summed E-state index contributed by atoms with van der Waals surface area (Å²) >= 11 is 0. The molecule has 0 aliphatic heterocycles. The van der Waals surface area contributed by atoms with Gasteiger partial charge in [-0.3, -0.25) is 0 Å². The summed E-state index contributed by atoms with van der Waals surface area (Å²) in [5, 5.41) is 6.63. The van der Waals surface area contributed by atoms with Crippen LogP contribution in [0, 0.1) is 0 Å². The minimum absolute atomic E-state index is 0.557. The Balaban J connectivity index is 1.00. The number of furan rings is 2. The van der Waals surface area contributed by atoms with Crippen LogP contribution in [0.15, 0.2) is 191 Å². The van der Waals surface area contributed by atoms with Gasteiger partial charge in [0.15, 0.2) is 17.5 Å². The maximum atomic E-state index is 6.62. The highest BCUT2D eigenvalue weighted by Gasteiger charge is 2.20. The Morgan fingerprint density at radius 3 is 1.54 bits per heavy atom. The average molecular weight is 731 g/mol. The lowest BCUT2D eigenvalue weighted by Crippen LogP contribution is -2.00. The second-order valence-electron chi connectivity index (χ2n) is 14.4. The van der Waals surface area contributed by atoms with E-state index in [1.165, 1.54) is 16.3 Å². The standard InChI is InChI=1S/C51H30N4O2/c1-3-12-31(13-4-1)33-24-27-44-40(28-33)38-25-22-34(29-46(38)56-44)50-52-49(32-14-5-2-6-15-32)53-51(54-50)35-23-26-39-47(30-35)57-45-21-11-20-43(48(39)45)55-41-18-9-7-16-36(41)37-17-8-10-19-42(37)55/h1-30H. The number of rotatable bonds is 5. The molecule has 57 heavy (non-hydrogen) atoms. The molecule has 0 aliphatic carbocycles. The number of hydrogen-bond acceptors (Lipinski definition) is 5. The molecule has 0 bridgehead atoms. The summed E-state index contributed by atoms with van der Waals surface area (Å²) in [6.07, 6.45) is 0. The molecule has 0 N–H and O–H groups in total. The zero-order chi connectivity index (χ0) is 37.5. The molecule has 12 aromatic rings. The summed E-state index contributed by atoms with van der Waals surface area (Å²) in [4.78, 5) is 15.1. The molecule has 0 radical (unpaired) electrons. The van der Waals surface area contributed by atoms with Crippen molar-refractivity contribution in [3.63, 3.8) is 0 Å². The van der Waals surface area contributed by atoms with Gasteiger partial charge in [-0.2, -0.15) is 0 Å². The third kappa shape index (κ3) is 5.01. The summed E-state index contributed by atoms with van der Waals surface area (Å²) < 4.78 is 15.4. The van der Waals surface area contributed by atoms with Crippen LogP contribution in [0.3, 0.4) is 0 Å². The summed E-state index contributed by atoms with van der Waals surface area (Å²) in [6, 6.07) is 62.7. The normalized spacial score (nSPS) is 11.9. The monoisotopic (exact) mass is 730 g/mol. The summed E-state index contributed by atoms with van der Waals surface area (Å²) in [5.41, 5.74) is 11.5.